The number of hydrogen-bond acceptors (Lipinski definition) is 2. The van der Waals surface area contributed by atoms with Crippen LogP contribution in [0.3, 0.4) is 0 Å². The predicted molar refractivity (Wildman–Crippen MR) is 62.7 cm³/mol. The van der Waals surface area contributed by atoms with Crippen LogP contribution in [0.2, 0.25) is 0 Å². The minimum absolute atomic E-state index is 0.0310. The molecule has 0 atom stereocenters. The molecular weight excluding hydrogens is 264 g/mol. The van der Waals surface area contributed by atoms with Gasteiger partial charge in [0, 0.05) is 6.42 Å². The third kappa shape index (κ3) is 5.15. The quantitative estimate of drug-likeness (QED) is 0.363. The van der Waals surface area contributed by atoms with Crippen LogP contribution in [0.15, 0.2) is 18.2 Å². The van der Waals surface area contributed by atoms with E-state index in [0.717, 1.165) is 12.1 Å². The van der Waals surface area contributed by atoms with Crippen LogP contribution in [0.1, 0.15) is 24.8 Å². The van der Waals surface area contributed by atoms with Gasteiger partial charge in [-0.25, -0.2) is 4.39 Å². The van der Waals surface area contributed by atoms with E-state index >= 15 is 0 Å². The summed E-state index contributed by atoms with van der Waals surface area (Å²) in [5, 5.41) is 6.98. The molecule has 0 radical (unpaired) electrons. The van der Waals surface area contributed by atoms with Gasteiger partial charge in [-0.1, -0.05) is 0 Å². The number of benzene rings is 1. The van der Waals surface area contributed by atoms with E-state index in [1.807, 2.05) is 0 Å². The monoisotopic (exact) mass is 278 g/mol. The van der Waals surface area contributed by atoms with Crippen molar-refractivity contribution >= 4 is 5.84 Å². The first-order valence-corrected chi connectivity index (χ1v) is 5.63. The molecule has 0 unspecified atom stereocenters. The van der Waals surface area contributed by atoms with E-state index < -0.39 is 17.6 Å². The molecular formula is C12H14F4N2O. The van der Waals surface area contributed by atoms with Gasteiger partial charge in [0.2, 0.25) is 0 Å². The van der Waals surface area contributed by atoms with Gasteiger partial charge in [-0.15, -0.1) is 0 Å². The van der Waals surface area contributed by atoms with Crippen molar-refractivity contribution in [2.24, 2.45) is 5.73 Å². The van der Waals surface area contributed by atoms with Gasteiger partial charge in [-0.2, -0.15) is 13.2 Å². The van der Waals surface area contributed by atoms with Crippen LogP contribution in [0, 0.1) is 11.2 Å². The summed E-state index contributed by atoms with van der Waals surface area (Å²) in [5.74, 6) is -1.30. The molecule has 7 heteroatoms. The Balaban J connectivity index is 2.53. The molecule has 0 spiro atoms. The maximum absolute atomic E-state index is 13.0. The number of ether oxygens (including phenoxy) is 1. The highest BCUT2D eigenvalue weighted by atomic mass is 19.4. The van der Waals surface area contributed by atoms with Gasteiger partial charge in [0.25, 0.3) is 0 Å². The average Bonchev–Trinajstić information content (AvgIpc) is 2.28. The smallest absolute Gasteiger partial charge is 0.419 e. The second kappa shape index (κ2) is 6.40. The highest BCUT2D eigenvalue weighted by molar-refractivity contribution is 5.76. The zero-order valence-electron chi connectivity index (χ0n) is 10.1. The molecule has 1 aromatic carbocycles. The third-order valence-electron chi connectivity index (χ3n) is 2.35. The normalized spacial score (nSPS) is 11.4. The lowest BCUT2D eigenvalue weighted by atomic mass is 10.2. The minimum atomic E-state index is -4.74. The largest absolute Gasteiger partial charge is 0.494 e. The number of nitrogens with two attached hydrogens (primary N) is 1. The van der Waals surface area contributed by atoms with Gasteiger partial charge >= 0.3 is 6.18 Å². The third-order valence-corrected chi connectivity index (χ3v) is 2.35. The fourth-order valence-electron chi connectivity index (χ4n) is 1.42. The van der Waals surface area contributed by atoms with Crippen molar-refractivity contribution in [3.05, 3.63) is 29.6 Å². The first kappa shape index (κ1) is 15.3. The van der Waals surface area contributed by atoms with Crippen molar-refractivity contribution < 1.29 is 22.3 Å². The zero-order valence-corrected chi connectivity index (χ0v) is 10.1. The molecule has 0 fully saturated rings. The Morgan fingerprint density at radius 3 is 2.53 bits per heavy atom. The molecule has 0 heterocycles. The Bertz CT molecular complexity index is 446. The molecule has 106 valence electrons. The van der Waals surface area contributed by atoms with E-state index in [9.17, 15) is 17.6 Å². The highest BCUT2D eigenvalue weighted by Crippen LogP contribution is 2.33. The Labute approximate surface area is 107 Å². The summed E-state index contributed by atoms with van der Waals surface area (Å²) in [5.41, 5.74) is 3.81. The van der Waals surface area contributed by atoms with E-state index in [1.165, 1.54) is 0 Å². The van der Waals surface area contributed by atoms with E-state index in [1.54, 1.807) is 0 Å². The number of unbranched alkanes of at least 4 members (excludes halogenated alkanes) is 1. The van der Waals surface area contributed by atoms with Crippen LogP contribution in [-0.2, 0) is 6.18 Å². The molecule has 0 saturated heterocycles. The molecule has 3 nitrogen and oxygen atoms in total. The van der Waals surface area contributed by atoms with Crippen LogP contribution in [-0.4, -0.2) is 12.4 Å². The van der Waals surface area contributed by atoms with Crippen molar-refractivity contribution in [1.82, 2.24) is 0 Å². The van der Waals surface area contributed by atoms with Gasteiger partial charge in [0.1, 0.15) is 11.6 Å². The predicted octanol–water partition coefficient (Wildman–Crippen LogP) is 3.33. The second-order valence-corrected chi connectivity index (χ2v) is 3.97. The van der Waals surface area contributed by atoms with Crippen molar-refractivity contribution in [1.29, 1.82) is 5.41 Å². The maximum Gasteiger partial charge on any atom is 0.419 e. The molecule has 0 aliphatic carbocycles. The fraction of sp³-hybridized carbons (Fsp3) is 0.417. The molecule has 0 aliphatic heterocycles. The Kier molecular flexibility index (Phi) is 5.14. The van der Waals surface area contributed by atoms with Gasteiger partial charge < -0.3 is 10.5 Å². The summed E-state index contributed by atoms with van der Waals surface area (Å²) < 4.78 is 55.4. The summed E-state index contributed by atoms with van der Waals surface area (Å²) in [4.78, 5) is 0. The number of hydrogen-bond donors (Lipinski definition) is 2. The second-order valence-electron chi connectivity index (χ2n) is 3.97. The first-order valence-electron chi connectivity index (χ1n) is 5.63. The SMILES string of the molecule is N=C(N)CCCCOc1ccc(F)c(C(F)(F)F)c1. The molecule has 0 bridgehead atoms. The Morgan fingerprint density at radius 2 is 1.95 bits per heavy atom. The molecule has 0 aliphatic rings. The van der Waals surface area contributed by atoms with Crippen LogP contribution in [0.4, 0.5) is 17.6 Å². The number of alkyl halides is 3. The van der Waals surface area contributed by atoms with Crippen molar-refractivity contribution in [2.75, 3.05) is 6.61 Å². The maximum atomic E-state index is 13.0. The topological polar surface area (TPSA) is 59.1 Å². The van der Waals surface area contributed by atoms with Crippen LogP contribution in [0.5, 0.6) is 5.75 Å². The van der Waals surface area contributed by atoms with Crippen LogP contribution >= 0.6 is 0 Å². The van der Waals surface area contributed by atoms with Crippen molar-refractivity contribution in [3.63, 3.8) is 0 Å². The van der Waals surface area contributed by atoms with Gasteiger partial charge in [0.15, 0.2) is 0 Å². The Hall–Kier alpha value is -1.79. The summed E-state index contributed by atoms with van der Waals surface area (Å²) >= 11 is 0. The fourth-order valence-corrected chi connectivity index (χ4v) is 1.42. The number of amidine groups is 1. The van der Waals surface area contributed by atoms with Gasteiger partial charge in [0.05, 0.1) is 18.0 Å². The molecule has 1 aromatic rings. The lowest BCUT2D eigenvalue weighted by Crippen LogP contribution is -2.10. The summed E-state index contributed by atoms with van der Waals surface area (Å²) in [7, 11) is 0. The van der Waals surface area contributed by atoms with Crippen molar-refractivity contribution in [3.8, 4) is 5.75 Å². The number of rotatable bonds is 6. The van der Waals surface area contributed by atoms with Crippen LogP contribution < -0.4 is 10.5 Å². The molecule has 3 N–H and O–H groups in total. The van der Waals surface area contributed by atoms with E-state index in [2.05, 4.69) is 0 Å². The molecule has 0 amide bonds. The van der Waals surface area contributed by atoms with E-state index in [-0.39, 0.29) is 18.2 Å². The van der Waals surface area contributed by atoms with Crippen molar-refractivity contribution in [2.45, 2.75) is 25.4 Å². The molecule has 1 rings (SSSR count). The molecule has 0 aromatic heterocycles. The Morgan fingerprint density at radius 1 is 1.26 bits per heavy atom. The number of halogens is 4. The average molecular weight is 278 g/mol. The lowest BCUT2D eigenvalue weighted by Gasteiger charge is -2.11. The minimum Gasteiger partial charge on any atom is -0.494 e. The summed E-state index contributed by atoms with van der Waals surface area (Å²) in [6.07, 6.45) is -3.15. The molecule has 19 heavy (non-hydrogen) atoms. The van der Waals surface area contributed by atoms with E-state index in [0.29, 0.717) is 25.3 Å². The first-order chi connectivity index (χ1) is 8.80. The zero-order chi connectivity index (χ0) is 14.5. The van der Waals surface area contributed by atoms with Gasteiger partial charge in [-0.05, 0) is 31.0 Å². The van der Waals surface area contributed by atoms with Crippen LogP contribution in [0.25, 0.3) is 0 Å². The summed E-state index contributed by atoms with van der Waals surface area (Å²) in [6, 6.07) is 2.52. The summed E-state index contributed by atoms with van der Waals surface area (Å²) in [6.45, 7) is 0.191. The number of nitrogens with one attached hydrogen (secondary N) is 1. The highest BCUT2D eigenvalue weighted by Gasteiger charge is 2.34. The molecule has 0 saturated carbocycles. The lowest BCUT2D eigenvalue weighted by molar-refractivity contribution is -0.140. The van der Waals surface area contributed by atoms with E-state index in [4.69, 9.17) is 15.9 Å². The van der Waals surface area contributed by atoms with Gasteiger partial charge in [-0.3, -0.25) is 5.41 Å². The standard InChI is InChI=1S/C12H14F4N2O/c13-10-5-4-8(7-9(10)12(14,15)16)19-6-2-1-3-11(17)18/h4-5,7H,1-3,6H2,(H3,17,18).